The fourth-order valence-electron chi connectivity index (χ4n) is 5.72. The van der Waals surface area contributed by atoms with E-state index in [-0.39, 0.29) is 22.6 Å². The van der Waals surface area contributed by atoms with Crippen LogP contribution in [0.25, 0.3) is 0 Å². The van der Waals surface area contributed by atoms with Crippen molar-refractivity contribution in [1.82, 2.24) is 0 Å². The molecule has 0 radical (unpaired) electrons. The number of benzene rings is 3. The Bertz CT molecular complexity index is 1390. The minimum absolute atomic E-state index is 0.0912. The normalized spacial score (nSPS) is 27.8. The van der Waals surface area contributed by atoms with Crippen molar-refractivity contribution in [2.75, 3.05) is 4.90 Å². The number of anilines is 1. The first-order valence-corrected chi connectivity index (χ1v) is 12.1. The number of rotatable bonds is 2. The summed E-state index contributed by atoms with van der Waals surface area (Å²) in [7, 11) is -3.89. The Morgan fingerprint density at radius 2 is 1.34 bits per heavy atom. The number of primary sulfonamides is 1. The van der Waals surface area contributed by atoms with Crippen molar-refractivity contribution in [3.05, 3.63) is 95.1 Å². The van der Waals surface area contributed by atoms with E-state index in [4.69, 9.17) is 16.7 Å². The molecule has 3 aliphatic carbocycles. The summed E-state index contributed by atoms with van der Waals surface area (Å²) in [4.78, 5) is 27.3. The third-order valence-corrected chi connectivity index (χ3v) is 8.51. The van der Waals surface area contributed by atoms with Crippen molar-refractivity contribution in [3.8, 4) is 0 Å². The van der Waals surface area contributed by atoms with Crippen LogP contribution in [0.1, 0.15) is 28.2 Å². The van der Waals surface area contributed by atoms with Gasteiger partial charge in [0, 0.05) is 5.92 Å². The van der Waals surface area contributed by atoms with Crippen molar-refractivity contribution in [3.63, 3.8) is 0 Å². The smallest absolute Gasteiger partial charge is 0.240 e. The molecular formula is C24H17ClN2O4S. The van der Waals surface area contributed by atoms with Crippen LogP contribution in [0, 0.1) is 11.8 Å². The number of nitrogens with zero attached hydrogens (tertiary/aromatic N) is 1. The second-order valence-electron chi connectivity index (χ2n) is 8.42. The summed E-state index contributed by atoms with van der Waals surface area (Å²) < 4.78 is 23.2. The molecule has 1 aliphatic heterocycles. The predicted octanol–water partition coefficient (Wildman–Crippen LogP) is 3.08. The Labute approximate surface area is 189 Å². The van der Waals surface area contributed by atoms with Gasteiger partial charge >= 0.3 is 0 Å². The number of halogens is 1. The van der Waals surface area contributed by atoms with Crippen LogP contribution in [0.5, 0.6) is 0 Å². The lowest BCUT2D eigenvalue weighted by Crippen LogP contribution is -2.50. The molecular weight excluding hydrogens is 448 g/mol. The fraction of sp³-hybridized carbons (Fsp3) is 0.167. The molecule has 6 nitrogen and oxygen atoms in total. The summed E-state index contributed by atoms with van der Waals surface area (Å²) in [6.45, 7) is 0. The Hall–Kier alpha value is -3.00. The maximum Gasteiger partial charge on any atom is 0.240 e. The van der Waals surface area contributed by atoms with Crippen molar-refractivity contribution >= 4 is 39.1 Å². The van der Waals surface area contributed by atoms with Gasteiger partial charge in [-0.1, -0.05) is 48.5 Å². The maximum absolute atomic E-state index is 13.7. The van der Waals surface area contributed by atoms with Crippen LogP contribution in [0.3, 0.4) is 0 Å². The summed E-state index contributed by atoms with van der Waals surface area (Å²) in [5.41, 5.74) is 3.96. The van der Waals surface area contributed by atoms with Crippen LogP contribution < -0.4 is 10.0 Å². The number of amides is 2. The van der Waals surface area contributed by atoms with Gasteiger partial charge < -0.3 is 0 Å². The average Bonchev–Trinajstić information content (AvgIpc) is 3.05. The van der Waals surface area contributed by atoms with E-state index in [0.29, 0.717) is 5.69 Å². The first kappa shape index (κ1) is 19.7. The van der Waals surface area contributed by atoms with Crippen LogP contribution in [-0.2, 0) is 24.5 Å². The number of alkyl halides is 1. The molecule has 3 aromatic rings. The standard InChI is InChI=1S/C24H17ClN2O4S/c25-24-17-7-3-1-5-15(17)19(16-6-2-4-8-18(16)24)20-21(24)23(29)27(22(20)28)13-9-11-14(12-10-13)32(26,30)31/h1-12,19-21H,(H2,26,30,31)/t19?,20-,21-,24?/m0/s1. The summed E-state index contributed by atoms with van der Waals surface area (Å²) in [5.74, 6) is -2.39. The number of sulfonamides is 1. The van der Waals surface area contributed by atoms with Gasteiger partial charge in [-0.05, 0) is 46.5 Å². The molecule has 1 heterocycles. The molecule has 7 rings (SSSR count). The van der Waals surface area contributed by atoms with Gasteiger partial charge in [-0.25, -0.2) is 18.5 Å². The highest BCUT2D eigenvalue weighted by Crippen LogP contribution is 2.65. The summed E-state index contributed by atoms with van der Waals surface area (Å²) >= 11 is 7.36. The zero-order valence-corrected chi connectivity index (χ0v) is 18.2. The van der Waals surface area contributed by atoms with Crippen molar-refractivity contribution in [2.45, 2.75) is 15.7 Å². The molecule has 2 atom stereocenters. The van der Waals surface area contributed by atoms with Gasteiger partial charge in [-0.15, -0.1) is 11.6 Å². The van der Waals surface area contributed by atoms with Gasteiger partial charge in [0.05, 0.1) is 22.4 Å². The molecule has 2 bridgehead atoms. The van der Waals surface area contributed by atoms with E-state index in [1.54, 1.807) is 0 Å². The van der Waals surface area contributed by atoms with E-state index >= 15 is 0 Å². The van der Waals surface area contributed by atoms with Gasteiger partial charge in [-0.3, -0.25) is 9.59 Å². The first-order chi connectivity index (χ1) is 15.2. The Kier molecular flexibility index (Phi) is 3.86. The van der Waals surface area contributed by atoms with Crippen LogP contribution in [0.2, 0.25) is 0 Å². The van der Waals surface area contributed by atoms with Crippen LogP contribution in [0.4, 0.5) is 5.69 Å². The van der Waals surface area contributed by atoms with Crippen molar-refractivity contribution < 1.29 is 18.0 Å². The second-order valence-corrected chi connectivity index (χ2v) is 10.6. The number of imide groups is 1. The Morgan fingerprint density at radius 1 is 0.812 bits per heavy atom. The number of carbonyl (C=O) groups is 2. The molecule has 0 saturated carbocycles. The second kappa shape index (κ2) is 6.28. The summed E-state index contributed by atoms with van der Waals surface area (Å²) in [6.07, 6.45) is 0. The SMILES string of the molecule is NS(=O)(=O)c1ccc(N2C(=O)[C@@H]3[C@@H](C2=O)C2c4ccccc4C3(Cl)c3ccccc32)cc1. The molecule has 0 spiro atoms. The quantitative estimate of drug-likeness (QED) is 0.465. The van der Waals surface area contributed by atoms with Gasteiger partial charge in [-0.2, -0.15) is 0 Å². The molecule has 0 unspecified atom stereocenters. The Balaban J connectivity index is 1.54. The number of carbonyl (C=O) groups excluding carboxylic acids is 2. The molecule has 1 saturated heterocycles. The third-order valence-electron chi connectivity index (χ3n) is 6.94. The van der Waals surface area contributed by atoms with Gasteiger partial charge in [0.25, 0.3) is 0 Å². The fourth-order valence-corrected chi connectivity index (χ4v) is 6.81. The predicted molar refractivity (Wildman–Crippen MR) is 119 cm³/mol. The number of nitrogens with two attached hydrogens (primary N) is 1. The molecule has 160 valence electrons. The highest BCUT2D eigenvalue weighted by molar-refractivity contribution is 7.89. The lowest BCUT2D eigenvalue weighted by atomic mass is 9.54. The highest BCUT2D eigenvalue weighted by Gasteiger charge is 2.67. The molecule has 3 aromatic carbocycles. The van der Waals surface area contributed by atoms with E-state index < -0.39 is 26.7 Å². The number of hydrogen-bond donors (Lipinski definition) is 1. The Morgan fingerprint density at radius 3 is 1.88 bits per heavy atom. The highest BCUT2D eigenvalue weighted by atomic mass is 35.5. The summed E-state index contributed by atoms with van der Waals surface area (Å²) in [5, 5.41) is 5.18. The molecule has 32 heavy (non-hydrogen) atoms. The molecule has 2 N–H and O–H groups in total. The molecule has 2 amide bonds. The summed E-state index contributed by atoms with van der Waals surface area (Å²) in [6, 6.07) is 20.9. The van der Waals surface area contributed by atoms with Gasteiger partial charge in [0.15, 0.2) is 0 Å². The maximum atomic E-state index is 13.7. The molecule has 8 heteroatoms. The molecule has 1 fully saturated rings. The van der Waals surface area contributed by atoms with Crippen LogP contribution in [0.15, 0.2) is 77.7 Å². The van der Waals surface area contributed by atoms with Gasteiger partial charge in [0.1, 0.15) is 4.87 Å². The molecule has 0 aromatic heterocycles. The number of hydrogen-bond acceptors (Lipinski definition) is 4. The third kappa shape index (κ3) is 2.30. The minimum Gasteiger partial charge on any atom is -0.274 e. The van der Waals surface area contributed by atoms with E-state index in [2.05, 4.69) is 0 Å². The topological polar surface area (TPSA) is 97.5 Å². The largest absolute Gasteiger partial charge is 0.274 e. The lowest BCUT2D eigenvalue weighted by Gasteiger charge is -2.50. The van der Waals surface area contributed by atoms with E-state index in [1.807, 2.05) is 48.5 Å². The average molecular weight is 465 g/mol. The first-order valence-electron chi connectivity index (χ1n) is 10.1. The zero-order chi connectivity index (χ0) is 22.4. The van der Waals surface area contributed by atoms with Crippen LogP contribution in [-0.4, -0.2) is 20.2 Å². The monoisotopic (exact) mass is 464 g/mol. The van der Waals surface area contributed by atoms with Crippen molar-refractivity contribution in [2.24, 2.45) is 17.0 Å². The van der Waals surface area contributed by atoms with Crippen LogP contribution >= 0.6 is 11.6 Å². The van der Waals surface area contributed by atoms with E-state index in [9.17, 15) is 18.0 Å². The zero-order valence-electron chi connectivity index (χ0n) is 16.6. The van der Waals surface area contributed by atoms with E-state index in [0.717, 1.165) is 27.2 Å². The molecule has 4 aliphatic rings. The minimum atomic E-state index is -3.89. The van der Waals surface area contributed by atoms with Crippen molar-refractivity contribution in [1.29, 1.82) is 0 Å². The van der Waals surface area contributed by atoms with E-state index in [1.165, 1.54) is 24.3 Å². The van der Waals surface area contributed by atoms with Gasteiger partial charge in [0.2, 0.25) is 21.8 Å². The lowest BCUT2D eigenvalue weighted by molar-refractivity contribution is -0.122.